The van der Waals surface area contributed by atoms with Crippen LogP contribution in [-0.4, -0.2) is 27.5 Å². The molecule has 122 valence electrons. The van der Waals surface area contributed by atoms with Crippen LogP contribution < -0.4 is 0 Å². The summed E-state index contributed by atoms with van der Waals surface area (Å²) >= 11 is 5.98. The highest BCUT2D eigenvalue weighted by Gasteiger charge is 2.43. The summed E-state index contributed by atoms with van der Waals surface area (Å²) in [5.41, 5.74) is 3.08. The number of nitrogens with zero attached hydrogens (tertiary/aromatic N) is 2. The van der Waals surface area contributed by atoms with Crippen molar-refractivity contribution >= 4 is 17.5 Å². The molecule has 0 aliphatic carbocycles. The second kappa shape index (κ2) is 5.83. The summed E-state index contributed by atoms with van der Waals surface area (Å²) in [4.78, 5) is 14.6. The minimum Gasteiger partial charge on any atom is -0.467 e. The number of carbonyl (C=O) groups is 1. The van der Waals surface area contributed by atoms with Crippen LogP contribution in [0.25, 0.3) is 11.3 Å². The maximum absolute atomic E-state index is 12.8. The molecule has 5 nitrogen and oxygen atoms in total. The SMILES string of the molecule is CCCN1C(=O)c2[nH]nc(-c3ccc(Cl)cc3)c2[C@@H]1c1ccco1. The molecule has 24 heavy (non-hydrogen) atoms. The fourth-order valence-corrected chi connectivity index (χ4v) is 3.36. The van der Waals surface area contributed by atoms with E-state index in [0.717, 1.165) is 29.0 Å². The molecule has 1 atom stereocenters. The highest BCUT2D eigenvalue weighted by atomic mass is 35.5. The first-order valence-electron chi connectivity index (χ1n) is 7.89. The molecule has 6 heteroatoms. The van der Waals surface area contributed by atoms with Gasteiger partial charge in [0.2, 0.25) is 0 Å². The van der Waals surface area contributed by atoms with Crippen molar-refractivity contribution in [2.24, 2.45) is 0 Å². The van der Waals surface area contributed by atoms with Crippen LogP contribution >= 0.6 is 11.6 Å². The molecule has 3 heterocycles. The van der Waals surface area contributed by atoms with Crippen LogP contribution in [0.15, 0.2) is 47.1 Å². The van der Waals surface area contributed by atoms with Gasteiger partial charge in [0.05, 0.1) is 12.0 Å². The smallest absolute Gasteiger partial charge is 0.273 e. The summed E-state index contributed by atoms with van der Waals surface area (Å²) in [6.07, 6.45) is 2.50. The summed E-state index contributed by atoms with van der Waals surface area (Å²) in [5, 5.41) is 7.96. The maximum atomic E-state index is 12.8. The molecule has 0 saturated heterocycles. The lowest BCUT2D eigenvalue weighted by molar-refractivity contribution is 0.0730. The van der Waals surface area contributed by atoms with Gasteiger partial charge in [0.15, 0.2) is 0 Å². The van der Waals surface area contributed by atoms with Crippen molar-refractivity contribution in [3.05, 3.63) is 64.7 Å². The number of rotatable bonds is 4. The van der Waals surface area contributed by atoms with Gasteiger partial charge in [0.25, 0.3) is 5.91 Å². The Hall–Kier alpha value is -2.53. The van der Waals surface area contributed by atoms with E-state index in [2.05, 4.69) is 17.1 Å². The standard InChI is InChI=1S/C18H16ClN3O2/c1-2-9-22-17(13-4-3-10-24-13)14-15(20-21-16(14)18(22)23)11-5-7-12(19)8-6-11/h3-8,10,17H,2,9H2,1H3,(H,20,21)/t17-/m0/s1. The number of carbonyl (C=O) groups excluding carboxylic acids is 1. The average molecular weight is 342 g/mol. The number of furan rings is 1. The largest absolute Gasteiger partial charge is 0.467 e. The number of aromatic amines is 1. The highest BCUT2D eigenvalue weighted by molar-refractivity contribution is 6.30. The van der Waals surface area contributed by atoms with Gasteiger partial charge in [-0.15, -0.1) is 0 Å². The normalized spacial score (nSPS) is 16.7. The zero-order valence-corrected chi connectivity index (χ0v) is 13.9. The van der Waals surface area contributed by atoms with Gasteiger partial charge in [0, 0.05) is 22.7 Å². The Labute approximate surface area is 144 Å². The first kappa shape index (κ1) is 15.0. The van der Waals surface area contributed by atoms with Crippen molar-refractivity contribution < 1.29 is 9.21 Å². The van der Waals surface area contributed by atoms with Crippen LogP contribution in [-0.2, 0) is 0 Å². The fourth-order valence-electron chi connectivity index (χ4n) is 3.24. The van der Waals surface area contributed by atoms with Crippen LogP contribution in [0.2, 0.25) is 5.02 Å². The summed E-state index contributed by atoms with van der Waals surface area (Å²) in [6, 6.07) is 10.9. The zero-order chi connectivity index (χ0) is 16.7. The third kappa shape index (κ3) is 2.24. The molecule has 0 unspecified atom stereocenters. The number of nitrogens with one attached hydrogen (secondary N) is 1. The second-order valence-electron chi connectivity index (χ2n) is 5.78. The minimum absolute atomic E-state index is 0.0408. The molecule has 1 aliphatic rings. The van der Waals surface area contributed by atoms with Gasteiger partial charge in [0.1, 0.15) is 17.5 Å². The first-order chi connectivity index (χ1) is 11.7. The van der Waals surface area contributed by atoms with Gasteiger partial charge in [-0.05, 0) is 30.7 Å². The molecule has 4 rings (SSSR count). The molecule has 0 bridgehead atoms. The van der Waals surface area contributed by atoms with E-state index in [4.69, 9.17) is 16.0 Å². The molecular formula is C18H16ClN3O2. The highest BCUT2D eigenvalue weighted by Crippen LogP contribution is 2.42. The monoisotopic (exact) mass is 341 g/mol. The number of amides is 1. The van der Waals surface area contributed by atoms with E-state index in [1.165, 1.54) is 0 Å². The third-order valence-electron chi connectivity index (χ3n) is 4.26. The van der Waals surface area contributed by atoms with Gasteiger partial charge in [-0.3, -0.25) is 9.89 Å². The predicted molar refractivity (Wildman–Crippen MR) is 90.9 cm³/mol. The quantitative estimate of drug-likeness (QED) is 0.770. The number of hydrogen-bond acceptors (Lipinski definition) is 3. The van der Waals surface area contributed by atoms with Crippen LogP contribution in [0.5, 0.6) is 0 Å². The Morgan fingerprint density at radius 3 is 2.75 bits per heavy atom. The van der Waals surface area contributed by atoms with Crippen molar-refractivity contribution in [1.29, 1.82) is 0 Å². The number of aromatic nitrogens is 2. The van der Waals surface area contributed by atoms with Crippen molar-refractivity contribution in [3.8, 4) is 11.3 Å². The van der Waals surface area contributed by atoms with E-state index >= 15 is 0 Å². The zero-order valence-electron chi connectivity index (χ0n) is 13.1. The number of H-pyrrole nitrogens is 1. The molecule has 1 aliphatic heterocycles. The summed E-state index contributed by atoms with van der Waals surface area (Å²) in [7, 11) is 0. The molecule has 3 aromatic rings. The third-order valence-corrected chi connectivity index (χ3v) is 4.51. The summed E-state index contributed by atoms with van der Waals surface area (Å²) in [5.74, 6) is 0.702. The fraction of sp³-hybridized carbons (Fsp3) is 0.222. The second-order valence-corrected chi connectivity index (χ2v) is 6.22. The van der Waals surface area contributed by atoms with Crippen LogP contribution in [0, 0.1) is 0 Å². The Bertz CT molecular complexity index is 868. The first-order valence-corrected chi connectivity index (χ1v) is 8.27. The lowest BCUT2D eigenvalue weighted by Gasteiger charge is -2.23. The lowest BCUT2D eigenvalue weighted by atomic mass is 10.00. The van der Waals surface area contributed by atoms with Gasteiger partial charge in [-0.25, -0.2) is 0 Å². The molecule has 0 fully saturated rings. The van der Waals surface area contributed by atoms with E-state index in [9.17, 15) is 4.79 Å². The molecular weight excluding hydrogens is 326 g/mol. The van der Waals surface area contributed by atoms with E-state index in [0.29, 0.717) is 17.3 Å². The lowest BCUT2D eigenvalue weighted by Crippen LogP contribution is -2.30. The molecule has 0 spiro atoms. The number of fused-ring (bicyclic) bond motifs is 1. The van der Waals surface area contributed by atoms with Gasteiger partial charge >= 0.3 is 0 Å². The van der Waals surface area contributed by atoms with Crippen LogP contribution in [0.3, 0.4) is 0 Å². The van der Waals surface area contributed by atoms with E-state index < -0.39 is 0 Å². The van der Waals surface area contributed by atoms with E-state index in [-0.39, 0.29) is 11.9 Å². The average Bonchev–Trinajstić information content (AvgIpc) is 3.29. The van der Waals surface area contributed by atoms with Crippen molar-refractivity contribution in [2.45, 2.75) is 19.4 Å². The molecule has 0 saturated carbocycles. The molecule has 0 radical (unpaired) electrons. The van der Waals surface area contributed by atoms with E-state index in [1.54, 1.807) is 6.26 Å². The predicted octanol–water partition coefficient (Wildman–Crippen LogP) is 4.28. The summed E-state index contributed by atoms with van der Waals surface area (Å²) < 4.78 is 5.62. The number of halogens is 1. The molecule has 1 aromatic carbocycles. The van der Waals surface area contributed by atoms with Crippen molar-refractivity contribution in [3.63, 3.8) is 0 Å². The van der Waals surface area contributed by atoms with Crippen LogP contribution in [0.4, 0.5) is 0 Å². The van der Waals surface area contributed by atoms with Gasteiger partial charge in [-0.1, -0.05) is 30.7 Å². The van der Waals surface area contributed by atoms with Crippen molar-refractivity contribution in [2.75, 3.05) is 6.54 Å². The van der Waals surface area contributed by atoms with E-state index in [1.807, 2.05) is 41.3 Å². The summed E-state index contributed by atoms with van der Waals surface area (Å²) in [6.45, 7) is 2.71. The van der Waals surface area contributed by atoms with Gasteiger partial charge in [-0.2, -0.15) is 5.10 Å². The molecule has 1 N–H and O–H groups in total. The Balaban J connectivity index is 1.87. The minimum atomic E-state index is -0.258. The topological polar surface area (TPSA) is 62.1 Å². The maximum Gasteiger partial charge on any atom is 0.273 e. The number of hydrogen-bond donors (Lipinski definition) is 1. The number of benzene rings is 1. The van der Waals surface area contributed by atoms with Crippen LogP contribution in [0.1, 0.15) is 41.2 Å². The molecule has 1 amide bonds. The Kier molecular flexibility index (Phi) is 3.65. The Morgan fingerprint density at radius 2 is 2.08 bits per heavy atom. The Morgan fingerprint density at radius 1 is 1.29 bits per heavy atom. The van der Waals surface area contributed by atoms with Gasteiger partial charge < -0.3 is 9.32 Å². The molecule has 2 aromatic heterocycles. The van der Waals surface area contributed by atoms with Crippen molar-refractivity contribution in [1.82, 2.24) is 15.1 Å².